The van der Waals surface area contributed by atoms with Crippen LogP contribution >= 0.6 is 0 Å². The predicted octanol–water partition coefficient (Wildman–Crippen LogP) is 4.78. The monoisotopic (exact) mass is 349 g/mol. The highest BCUT2D eigenvalue weighted by Gasteiger charge is 2.14. The van der Waals surface area contributed by atoms with E-state index in [9.17, 15) is 5.11 Å². The summed E-state index contributed by atoms with van der Waals surface area (Å²) in [5.74, 6) is 0.267. The van der Waals surface area contributed by atoms with Gasteiger partial charge in [-0.3, -0.25) is 9.58 Å². The Morgan fingerprint density at radius 2 is 1.81 bits per heavy atom. The van der Waals surface area contributed by atoms with E-state index in [1.165, 1.54) is 18.4 Å². The van der Waals surface area contributed by atoms with Crippen molar-refractivity contribution in [2.45, 2.75) is 32.9 Å². The van der Waals surface area contributed by atoms with Gasteiger partial charge in [0.25, 0.3) is 0 Å². The summed E-state index contributed by atoms with van der Waals surface area (Å²) in [6.07, 6.45) is 5.59. The molecule has 136 valence electrons. The molecule has 0 atom stereocenters. The highest BCUT2D eigenvalue weighted by atomic mass is 16.3. The van der Waals surface area contributed by atoms with Gasteiger partial charge in [0.1, 0.15) is 11.4 Å². The van der Waals surface area contributed by atoms with Crippen molar-refractivity contribution in [1.29, 1.82) is 0 Å². The molecule has 0 amide bonds. The lowest BCUT2D eigenvalue weighted by atomic mass is 10.00. The fraction of sp³-hybridized carbons (Fsp3) is 0.318. The summed E-state index contributed by atoms with van der Waals surface area (Å²) < 4.78 is 1.94. The van der Waals surface area contributed by atoms with E-state index in [1.54, 1.807) is 12.1 Å². The van der Waals surface area contributed by atoms with Crippen molar-refractivity contribution in [2.75, 3.05) is 14.1 Å². The van der Waals surface area contributed by atoms with E-state index in [4.69, 9.17) is 5.10 Å². The Kier molecular flexibility index (Phi) is 5.74. The smallest absolute Gasteiger partial charge is 0.116 e. The first-order chi connectivity index (χ1) is 12.6. The van der Waals surface area contributed by atoms with Gasteiger partial charge < -0.3 is 5.11 Å². The van der Waals surface area contributed by atoms with Crippen LogP contribution in [0.5, 0.6) is 5.75 Å². The Labute approximate surface area is 155 Å². The number of hydrogen-bond acceptors (Lipinski definition) is 3. The molecule has 0 bridgehead atoms. The lowest BCUT2D eigenvalue weighted by Gasteiger charge is -2.08. The fourth-order valence-corrected chi connectivity index (χ4v) is 3.09. The van der Waals surface area contributed by atoms with Gasteiger partial charge in [-0.05, 0) is 50.2 Å². The molecule has 0 unspecified atom stereocenters. The molecule has 1 heterocycles. The molecule has 0 saturated carbocycles. The van der Waals surface area contributed by atoms with Crippen molar-refractivity contribution < 1.29 is 5.11 Å². The van der Waals surface area contributed by atoms with E-state index in [0.29, 0.717) is 6.67 Å². The topological polar surface area (TPSA) is 41.3 Å². The van der Waals surface area contributed by atoms with Crippen LogP contribution in [0.4, 0.5) is 0 Å². The van der Waals surface area contributed by atoms with Crippen LogP contribution in [0.25, 0.3) is 22.4 Å². The maximum atomic E-state index is 9.87. The van der Waals surface area contributed by atoms with Crippen molar-refractivity contribution in [3.8, 4) is 28.1 Å². The molecule has 2 aromatic carbocycles. The molecule has 0 spiro atoms. The SMILES string of the molecule is CCCCc1ccc(-c2nn(CN(C)C)cc2-c2cccc(O)c2)cc1. The van der Waals surface area contributed by atoms with Gasteiger partial charge in [0.2, 0.25) is 0 Å². The van der Waals surface area contributed by atoms with Crippen LogP contribution in [-0.2, 0) is 13.1 Å². The molecule has 0 aliphatic rings. The third kappa shape index (κ3) is 4.33. The van der Waals surface area contributed by atoms with Gasteiger partial charge in [0.05, 0.1) is 6.67 Å². The molecular weight excluding hydrogens is 322 g/mol. The Morgan fingerprint density at radius 3 is 2.46 bits per heavy atom. The van der Waals surface area contributed by atoms with E-state index >= 15 is 0 Å². The maximum Gasteiger partial charge on any atom is 0.116 e. The van der Waals surface area contributed by atoms with Crippen LogP contribution in [0.1, 0.15) is 25.3 Å². The summed E-state index contributed by atoms with van der Waals surface area (Å²) in [5, 5.41) is 14.7. The second kappa shape index (κ2) is 8.19. The number of hydrogen-bond donors (Lipinski definition) is 1. The number of aromatic nitrogens is 2. The molecule has 0 aliphatic heterocycles. The summed E-state index contributed by atoms with van der Waals surface area (Å²) >= 11 is 0. The number of phenols is 1. The third-order valence-electron chi connectivity index (χ3n) is 4.39. The van der Waals surface area contributed by atoms with Crippen molar-refractivity contribution in [1.82, 2.24) is 14.7 Å². The molecule has 1 aromatic heterocycles. The molecule has 0 fully saturated rings. The minimum atomic E-state index is 0.267. The summed E-state index contributed by atoms with van der Waals surface area (Å²) in [7, 11) is 4.05. The second-order valence-corrected chi connectivity index (χ2v) is 7.00. The third-order valence-corrected chi connectivity index (χ3v) is 4.39. The van der Waals surface area contributed by atoms with Gasteiger partial charge in [0.15, 0.2) is 0 Å². The number of phenolic OH excluding ortho intramolecular Hbond substituents is 1. The summed E-state index contributed by atoms with van der Waals surface area (Å²) in [6, 6.07) is 16.1. The van der Waals surface area contributed by atoms with Gasteiger partial charge in [0, 0.05) is 17.3 Å². The first kappa shape index (κ1) is 18.2. The van der Waals surface area contributed by atoms with Gasteiger partial charge in [-0.25, -0.2) is 0 Å². The van der Waals surface area contributed by atoms with Gasteiger partial charge in [-0.15, -0.1) is 0 Å². The number of unbranched alkanes of at least 4 members (excludes halogenated alkanes) is 1. The quantitative estimate of drug-likeness (QED) is 0.667. The van der Waals surface area contributed by atoms with Crippen LogP contribution in [0.15, 0.2) is 54.7 Å². The molecule has 4 heteroatoms. The normalized spacial score (nSPS) is 11.2. The Bertz CT molecular complexity index is 850. The van der Waals surface area contributed by atoms with Crippen LogP contribution in [0.3, 0.4) is 0 Å². The van der Waals surface area contributed by atoms with E-state index in [-0.39, 0.29) is 5.75 Å². The number of benzene rings is 2. The lowest BCUT2D eigenvalue weighted by molar-refractivity contribution is 0.307. The average Bonchev–Trinajstić information content (AvgIpc) is 3.03. The zero-order valence-corrected chi connectivity index (χ0v) is 15.8. The number of nitrogens with zero attached hydrogens (tertiary/aromatic N) is 3. The minimum absolute atomic E-state index is 0.267. The molecule has 0 aliphatic carbocycles. The molecular formula is C22H27N3O. The van der Waals surface area contributed by atoms with Crippen molar-refractivity contribution in [3.63, 3.8) is 0 Å². The molecule has 0 radical (unpaired) electrons. The van der Waals surface area contributed by atoms with Crippen LogP contribution in [0.2, 0.25) is 0 Å². The Balaban J connectivity index is 2.00. The number of aryl methyl sites for hydroxylation is 1. The van der Waals surface area contributed by atoms with Gasteiger partial charge in [-0.1, -0.05) is 49.7 Å². The molecule has 26 heavy (non-hydrogen) atoms. The van der Waals surface area contributed by atoms with Crippen molar-refractivity contribution in [3.05, 3.63) is 60.3 Å². The average molecular weight is 349 g/mol. The molecule has 0 saturated heterocycles. The van der Waals surface area contributed by atoms with E-state index in [0.717, 1.165) is 28.8 Å². The largest absolute Gasteiger partial charge is 0.508 e. The Hall–Kier alpha value is -2.59. The lowest BCUT2D eigenvalue weighted by Crippen LogP contribution is -2.17. The highest BCUT2D eigenvalue weighted by molar-refractivity contribution is 5.81. The molecule has 3 rings (SSSR count). The first-order valence-corrected chi connectivity index (χ1v) is 9.17. The molecule has 3 aromatic rings. The van der Waals surface area contributed by atoms with Crippen molar-refractivity contribution in [2.24, 2.45) is 0 Å². The predicted molar refractivity (Wildman–Crippen MR) is 107 cm³/mol. The maximum absolute atomic E-state index is 9.87. The highest BCUT2D eigenvalue weighted by Crippen LogP contribution is 2.32. The summed E-state index contributed by atoms with van der Waals surface area (Å²) in [5.41, 5.74) is 5.41. The minimum Gasteiger partial charge on any atom is -0.508 e. The zero-order chi connectivity index (χ0) is 18.5. The van der Waals surface area contributed by atoms with Gasteiger partial charge in [-0.2, -0.15) is 5.10 Å². The first-order valence-electron chi connectivity index (χ1n) is 9.17. The van der Waals surface area contributed by atoms with E-state index in [1.807, 2.05) is 30.9 Å². The Morgan fingerprint density at radius 1 is 1.04 bits per heavy atom. The standard InChI is InChI=1S/C22H27N3O/c1-4-5-7-17-10-12-18(13-11-17)22-21(15-25(23-22)16-24(2)3)19-8-6-9-20(26)14-19/h6,8-15,26H,4-5,7,16H2,1-3H3. The van der Waals surface area contributed by atoms with Crippen molar-refractivity contribution >= 4 is 0 Å². The fourth-order valence-electron chi connectivity index (χ4n) is 3.09. The van der Waals surface area contributed by atoms with Crippen LogP contribution in [-0.4, -0.2) is 33.9 Å². The van der Waals surface area contributed by atoms with E-state index < -0.39 is 0 Å². The summed E-state index contributed by atoms with van der Waals surface area (Å²) in [6.45, 7) is 2.92. The van der Waals surface area contributed by atoms with Gasteiger partial charge >= 0.3 is 0 Å². The second-order valence-electron chi connectivity index (χ2n) is 7.00. The zero-order valence-electron chi connectivity index (χ0n) is 15.8. The van der Waals surface area contributed by atoms with E-state index in [2.05, 4.69) is 42.3 Å². The molecule has 4 nitrogen and oxygen atoms in total. The number of aromatic hydroxyl groups is 1. The summed E-state index contributed by atoms with van der Waals surface area (Å²) in [4.78, 5) is 2.08. The molecule has 1 N–H and O–H groups in total. The van der Waals surface area contributed by atoms with Crippen LogP contribution < -0.4 is 0 Å². The number of rotatable bonds is 7. The van der Waals surface area contributed by atoms with Crippen LogP contribution in [0, 0.1) is 0 Å².